The first-order valence-corrected chi connectivity index (χ1v) is 8.95. The fraction of sp³-hybridized carbons (Fsp3) is 0.263. The SMILES string of the molecule is Cc1cc(NC(=O)[C@@H](C)OC(=O)c2c(C)nn(Cc3ccccc3)c2Cl)no1. The van der Waals surface area contributed by atoms with Gasteiger partial charge in [0.2, 0.25) is 0 Å². The Morgan fingerprint density at radius 2 is 2.00 bits per heavy atom. The Hall–Kier alpha value is -3.13. The molecule has 2 heterocycles. The van der Waals surface area contributed by atoms with E-state index >= 15 is 0 Å². The van der Waals surface area contributed by atoms with Crippen LogP contribution in [0.5, 0.6) is 0 Å². The third-order valence-corrected chi connectivity index (χ3v) is 4.36. The Labute approximate surface area is 166 Å². The Balaban J connectivity index is 1.69. The van der Waals surface area contributed by atoms with Crippen LogP contribution in [0.2, 0.25) is 5.15 Å². The van der Waals surface area contributed by atoms with Crippen molar-refractivity contribution in [3.8, 4) is 0 Å². The largest absolute Gasteiger partial charge is 0.449 e. The van der Waals surface area contributed by atoms with Gasteiger partial charge >= 0.3 is 5.97 Å². The minimum atomic E-state index is -1.06. The first-order chi connectivity index (χ1) is 13.3. The molecular weight excluding hydrogens is 384 g/mol. The molecule has 146 valence electrons. The zero-order valence-electron chi connectivity index (χ0n) is 15.6. The molecule has 2 aromatic heterocycles. The summed E-state index contributed by atoms with van der Waals surface area (Å²) in [4.78, 5) is 24.7. The molecule has 1 N–H and O–H groups in total. The van der Waals surface area contributed by atoms with Gasteiger partial charge in [-0.05, 0) is 26.3 Å². The Bertz CT molecular complexity index is 997. The van der Waals surface area contributed by atoms with Gasteiger partial charge in [-0.15, -0.1) is 0 Å². The molecule has 0 aliphatic carbocycles. The lowest BCUT2D eigenvalue weighted by Gasteiger charge is -2.12. The number of carbonyl (C=O) groups excluding carboxylic acids is 2. The Morgan fingerprint density at radius 3 is 2.64 bits per heavy atom. The molecule has 0 saturated carbocycles. The van der Waals surface area contributed by atoms with Crippen LogP contribution in [0.15, 0.2) is 40.9 Å². The smallest absolute Gasteiger partial charge is 0.343 e. The van der Waals surface area contributed by atoms with Crippen LogP contribution in [0.25, 0.3) is 0 Å². The lowest BCUT2D eigenvalue weighted by molar-refractivity contribution is -0.123. The second kappa shape index (κ2) is 8.26. The maximum absolute atomic E-state index is 12.5. The predicted octanol–water partition coefficient (Wildman–Crippen LogP) is 3.37. The summed E-state index contributed by atoms with van der Waals surface area (Å²) in [6.45, 7) is 5.23. The van der Waals surface area contributed by atoms with Gasteiger partial charge in [-0.2, -0.15) is 5.10 Å². The molecule has 1 aromatic carbocycles. The second-order valence-electron chi connectivity index (χ2n) is 6.25. The van der Waals surface area contributed by atoms with Crippen LogP contribution >= 0.6 is 11.6 Å². The third-order valence-electron chi connectivity index (χ3n) is 3.98. The van der Waals surface area contributed by atoms with E-state index in [9.17, 15) is 9.59 Å². The number of aromatic nitrogens is 3. The van der Waals surface area contributed by atoms with Crippen molar-refractivity contribution >= 4 is 29.3 Å². The summed E-state index contributed by atoms with van der Waals surface area (Å²) < 4.78 is 11.7. The third kappa shape index (κ3) is 4.40. The standard InChI is InChI=1S/C19H19ClN4O4/c1-11-9-15(23-28-11)21-18(25)13(3)27-19(26)16-12(2)22-24(17(16)20)10-14-7-5-4-6-8-14/h4-9,13H,10H2,1-3H3,(H,21,23,25)/t13-/m1/s1. The highest BCUT2D eigenvalue weighted by atomic mass is 35.5. The summed E-state index contributed by atoms with van der Waals surface area (Å²) in [5.74, 6) is -0.462. The molecule has 0 aliphatic rings. The van der Waals surface area contributed by atoms with E-state index < -0.39 is 18.0 Å². The molecule has 9 heteroatoms. The molecule has 0 aliphatic heterocycles. The molecule has 0 spiro atoms. The number of hydrogen-bond donors (Lipinski definition) is 1. The number of anilines is 1. The van der Waals surface area contributed by atoms with E-state index in [4.69, 9.17) is 20.9 Å². The summed E-state index contributed by atoms with van der Waals surface area (Å²) in [6, 6.07) is 11.2. The molecule has 8 nitrogen and oxygen atoms in total. The fourth-order valence-corrected chi connectivity index (χ4v) is 2.88. The molecule has 3 rings (SSSR count). The first-order valence-electron chi connectivity index (χ1n) is 8.57. The summed E-state index contributed by atoms with van der Waals surface area (Å²) >= 11 is 6.35. The topological polar surface area (TPSA) is 99.2 Å². The number of aryl methyl sites for hydroxylation is 2. The summed E-state index contributed by atoms with van der Waals surface area (Å²) in [6.07, 6.45) is -1.06. The van der Waals surface area contributed by atoms with Crippen molar-refractivity contribution in [3.05, 3.63) is 64.1 Å². The molecule has 28 heavy (non-hydrogen) atoms. The molecule has 0 fully saturated rings. The Kier molecular flexibility index (Phi) is 5.79. The number of nitrogens with one attached hydrogen (secondary N) is 1. The summed E-state index contributed by atoms with van der Waals surface area (Å²) in [7, 11) is 0. The van der Waals surface area contributed by atoms with Crippen LogP contribution in [0.1, 0.15) is 34.3 Å². The minimum absolute atomic E-state index is 0.134. The highest BCUT2D eigenvalue weighted by molar-refractivity contribution is 6.32. The van der Waals surface area contributed by atoms with Gasteiger partial charge in [0, 0.05) is 6.07 Å². The fourth-order valence-electron chi connectivity index (χ4n) is 2.57. The molecule has 1 amide bonds. The van der Waals surface area contributed by atoms with Crippen LogP contribution in [0, 0.1) is 13.8 Å². The number of benzene rings is 1. The van der Waals surface area contributed by atoms with Gasteiger partial charge in [0.05, 0.1) is 12.2 Å². The first kappa shape index (κ1) is 19.6. The molecule has 0 unspecified atom stereocenters. The van der Waals surface area contributed by atoms with E-state index in [1.54, 1.807) is 19.9 Å². The average molecular weight is 403 g/mol. The minimum Gasteiger partial charge on any atom is -0.449 e. The van der Waals surface area contributed by atoms with Gasteiger partial charge in [0.1, 0.15) is 16.5 Å². The lowest BCUT2D eigenvalue weighted by atomic mass is 10.2. The number of hydrogen-bond acceptors (Lipinski definition) is 6. The van der Waals surface area contributed by atoms with Gasteiger partial charge in [-0.25, -0.2) is 9.48 Å². The Morgan fingerprint density at radius 1 is 1.29 bits per heavy atom. The van der Waals surface area contributed by atoms with Gasteiger partial charge < -0.3 is 14.6 Å². The second-order valence-corrected chi connectivity index (χ2v) is 6.61. The van der Waals surface area contributed by atoms with Crippen LogP contribution in [0.3, 0.4) is 0 Å². The predicted molar refractivity (Wildman–Crippen MR) is 102 cm³/mol. The maximum atomic E-state index is 12.5. The number of rotatable bonds is 6. The van der Waals surface area contributed by atoms with Crippen LogP contribution in [-0.2, 0) is 16.1 Å². The summed E-state index contributed by atoms with van der Waals surface area (Å²) in [5, 5.41) is 10.6. The van der Waals surface area contributed by atoms with Crippen LogP contribution in [0.4, 0.5) is 5.82 Å². The van der Waals surface area contributed by atoms with Crippen molar-refractivity contribution in [3.63, 3.8) is 0 Å². The monoisotopic (exact) mass is 402 g/mol. The number of amides is 1. The molecule has 1 atom stereocenters. The van der Waals surface area contributed by atoms with Crippen LogP contribution < -0.4 is 5.32 Å². The van der Waals surface area contributed by atoms with Crippen molar-refractivity contribution in [1.82, 2.24) is 14.9 Å². The summed E-state index contributed by atoms with van der Waals surface area (Å²) in [5.41, 5.74) is 1.54. The lowest BCUT2D eigenvalue weighted by Crippen LogP contribution is -2.30. The number of halogens is 1. The van der Waals surface area contributed by atoms with E-state index in [1.165, 1.54) is 11.6 Å². The number of nitrogens with zero attached hydrogens (tertiary/aromatic N) is 3. The number of carbonyl (C=O) groups is 2. The molecule has 3 aromatic rings. The zero-order chi connectivity index (χ0) is 20.3. The normalized spacial score (nSPS) is 11.9. The molecule has 0 radical (unpaired) electrons. The van der Waals surface area contributed by atoms with Crippen molar-refractivity contribution in [1.29, 1.82) is 0 Å². The van der Waals surface area contributed by atoms with Crippen molar-refractivity contribution < 1.29 is 18.8 Å². The highest BCUT2D eigenvalue weighted by Gasteiger charge is 2.26. The number of ether oxygens (including phenoxy) is 1. The van der Waals surface area contributed by atoms with E-state index in [1.807, 2.05) is 30.3 Å². The molecular formula is C19H19ClN4O4. The van der Waals surface area contributed by atoms with Gasteiger partial charge in [0.25, 0.3) is 5.91 Å². The van der Waals surface area contributed by atoms with E-state index in [2.05, 4.69) is 15.6 Å². The van der Waals surface area contributed by atoms with Gasteiger partial charge in [0.15, 0.2) is 11.9 Å². The van der Waals surface area contributed by atoms with E-state index in [-0.39, 0.29) is 16.5 Å². The molecule has 0 bridgehead atoms. The van der Waals surface area contributed by atoms with Crippen molar-refractivity contribution in [2.24, 2.45) is 0 Å². The highest BCUT2D eigenvalue weighted by Crippen LogP contribution is 2.22. The maximum Gasteiger partial charge on any atom is 0.343 e. The van der Waals surface area contributed by atoms with Gasteiger partial charge in [-0.1, -0.05) is 47.1 Å². The molecule has 0 saturated heterocycles. The van der Waals surface area contributed by atoms with Crippen molar-refractivity contribution in [2.75, 3.05) is 5.32 Å². The average Bonchev–Trinajstić information content (AvgIpc) is 3.18. The van der Waals surface area contributed by atoms with Gasteiger partial charge in [-0.3, -0.25) is 4.79 Å². The zero-order valence-corrected chi connectivity index (χ0v) is 16.4. The van der Waals surface area contributed by atoms with E-state index in [0.717, 1.165) is 5.56 Å². The van der Waals surface area contributed by atoms with Crippen LogP contribution in [-0.4, -0.2) is 32.9 Å². The number of esters is 1. The van der Waals surface area contributed by atoms with E-state index in [0.29, 0.717) is 18.0 Å². The quantitative estimate of drug-likeness (QED) is 0.634. The van der Waals surface area contributed by atoms with Crippen molar-refractivity contribution in [2.45, 2.75) is 33.4 Å².